The molecule has 8 nitrogen and oxygen atoms in total. The lowest BCUT2D eigenvalue weighted by molar-refractivity contribution is -0.144. The molecule has 10 heteroatoms. The van der Waals surface area contributed by atoms with Crippen molar-refractivity contribution in [2.45, 2.75) is 31.5 Å². The highest BCUT2D eigenvalue weighted by Gasteiger charge is 2.24. The second kappa shape index (κ2) is 10.8. The van der Waals surface area contributed by atoms with Crippen LogP contribution in [0, 0.1) is 13.8 Å². The first-order valence-electron chi connectivity index (χ1n) is 12.0. The molecule has 0 fully saturated rings. The Labute approximate surface area is 227 Å². The maximum absolute atomic E-state index is 13.6. The van der Waals surface area contributed by atoms with Gasteiger partial charge in [0.25, 0.3) is 5.56 Å². The molecule has 0 radical (unpaired) electrons. The Kier molecular flexibility index (Phi) is 7.35. The van der Waals surface area contributed by atoms with E-state index in [1.54, 1.807) is 4.57 Å². The summed E-state index contributed by atoms with van der Waals surface area (Å²) >= 11 is 2.62. The average Bonchev–Trinajstić information content (AvgIpc) is 3.46. The van der Waals surface area contributed by atoms with Gasteiger partial charge in [-0.05, 0) is 43.2 Å². The average molecular weight is 547 g/mol. The number of esters is 1. The number of aryl methyl sites for hydroxylation is 2. The van der Waals surface area contributed by atoms with Gasteiger partial charge in [0.2, 0.25) is 5.91 Å². The molecular formula is C28H26N4O4S2. The van der Waals surface area contributed by atoms with Crippen LogP contribution in [0.1, 0.15) is 16.0 Å². The number of amides is 1. The van der Waals surface area contributed by atoms with Gasteiger partial charge in [-0.15, -0.1) is 11.3 Å². The number of hydrogen-bond acceptors (Lipinski definition) is 7. The van der Waals surface area contributed by atoms with E-state index in [0.29, 0.717) is 21.1 Å². The third-order valence-corrected chi connectivity index (χ3v) is 8.48. The van der Waals surface area contributed by atoms with Gasteiger partial charge in [0, 0.05) is 28.4 Å². The van der Waals surface area contributed by atoms with Crippen LogP contribution in [-0.2, 0) is 20.7 Å². The van der Waals surface area contributed by atoms with Crippen molar-refractivity contribution < 1.29 is 14.3 Å². The number of thiophene rings is 1. The number of ether oxygens (including phenoxy) is 1. The number of para-hydroxylation sites is 2. The van der Waals surface area contributed by atoms with Gasteiger partial charge >= 0.3 is 5.97 Å². The summed E-state index contributed by atoms with van der Waals surface area (Å²) in [5.41, 5.74) is 3.27. The van der Waals surface area contributed by atoms with Crippen molar-refractivity contribution in [1.82, 2.24) is 19.9 Å². The maximum Gasteiger partial charge on any atom is 0.328 e. The van der Waals surface area contributed by atoms with E-state index in [1.807, 2.05) is 74.6 Å². The van der Waals surface area contributed by atoms with Crippen LogP contribution in [-0.4, -0.2) is 45.3 Å². The number of hydrogen-bond donors (Lipinski definition) is 2. The van der Waals surface area contributed by atoms with Crippen molar-refractivity contribution in [3.8, 4) is 5.69 Å². The zero-order valence-corrected chi connectivity index (χ0v) is 22.7. The van der Waals surface area contributed by atoms with Crippen LogP contribution in [0.25, 0.3) is 26.8 Å². The quantitative estimate of drug-likeness (QED) is 0.168. The first-order chi connectivity index (χ1) is 18.4. The van der Waals surface area contributed by atoms with E-state index in [-0.39, 0.29) is 23.6 Å². The molecule has 3 aromatic heterocycles. The van der Waals surface area contributed by atoms with Crippen LogP contribution < -0.4 is 10.9 Å². The predicted molar refractivity (Wildman–Crippen MR) is 151 cm³/mol. The zero-order chi connectivity index (χ0) is 26.8. The van der Waals surface area contributed by atoms with Crippen LogP contribution in [0.4, 0.5) is 0 Å². The molecule has 0 spiro atoms. The van der Waals surface area contributed by atoms with E-state index in [9.17, 15) is 14.4 Å². The summed E-state index contributed by atoms with van der Waals surface area (Å²) in [6, 6.07) is 16.2. The van der Waals surface area contributed by atoms with E-state index in [4.69, 9.17) is 9.72 Å². The largest absolute Gasteiger partial charge is 0.467 e. The predicted octanol–water partition coefficient (Wildman–Crippen LogP) is 4.54. The van der Waals surface area contributed by atoms with Crippen LogP contribution in [0.15, 0.2) is 70.7 Å². The van der Waals surface area contributed by atoms with E-state index in [2.05, 4.69) is 10.3 Å². The third kappa shape index (κ3) is 4.97. The Bertz CT molecular complexity index is 1700. The summed E-state index contributed by atoms with van der Waals surface area (Å²) in [5, 5.41) is 4.79. The zero-order valence-electron chi connectivity index (χ0n) is 21.1. The third-order valence-electron chi connectivity index (χ3n) is 6.44. The van der Waals surface area contributed by atoms with Crippen molar-refractivity contribution in [2.24, 2.45) is 0 Å². The van der Waals surface area contributed by atoms with Crippen molar-refractivity contribution in [3.05, 3.63) is 87.2 Å². The minimum Gasteiger partial charge on any atom is -0.467 e. The van der Waals surface area contributed by atoms with E-state index < -0.39 is 12.0 Å². The molecule has 3 heterocycles. The van der Waals surface area contributed by atoms with Gasteiger partial charge in [0.1, 0.15) is 10.9 Å². The lowest BCUT2D eigenvalue weighted by Gasteiger charge is -2.17. The SMILES string of the molecule is COC(=O)[C@@H](Cc1c[nH]c2ccccc12)NC(=O)CSc1nc2sc(C)c(C)c2c(=O)n1-c1ccccc1. The number of carbonyl (C=O) groups is 2. The molecule has 5 aromatic rings. The lowest BCUT2D eigenvalue weighted by Crippen LogP contribution is -2.43. The Balaban J connectivity index is 1.40. The van der Waals surface area contributed by atoms with Crippen LogP contribution >= 0.6 is 23.1 Å². The molecule has 194 valence electrons. The van der Waals surface area contributed by atoms with Gasteiger partial charge in [0.05, 0.1) is 23.9 Å². The molecule has 0 saturated carbocycles. The molecule has 1 atom stereocenters. The van der Waals surface area contributed by atoms with Gasteiger partial charge in [-0.3, -0.25) is 14.2 Å². The number of carbonyl (C=O) groups excluding carboxylic acids is 2. The summed E-state index contributed by atoms with van der Waals surface area (Å²) in [7, 11) is 1.30. The number of benzene rings is 2. The van der Waals surface area contributed by atoms with Gasteiger partial charge < -0.3 is 15.0 Å². The Hall–Kier alpha value is -3.89. The molecule has 5 rings (SSSR count). The molecule has 0 aliphatic rings. The highest BCUT2D eigenvalue weighted by Crippen LogP contribution is 2.29. The summed E-state index contributed by atoms with van der Waals surface area (Å²) in [6.07, 6.45) is 2.12. The molecule has 0 aliphatic heterocycles. The fourth-order valence-electron chi connectivity index (χ4n) is 4.40. The number of H-pyrrole nitrogens is 1. The molecule has 0 aliphatic carbocycles. The van der Waals surface area contributed by atoms with E-state index in [0.717, 1.165) is 38.7 Å². The summed E-state index contributed by atoms with van der Waals surface area (Å²) < 4.78 is 6.51. The number of nitrogens with one attached hydrogen (secondary N) is 2. The second-order valence-electron chi connectivity index (χ2n) is 8.83. The standard InChI is InChI=1S/C28H26N4O4S2/c1-16-17(2)38-25-24(16)26(34)32(19-9-5-4-6-10-19)28(31-25)37-15-23(33)30-22(27(35)36-3)13-18-14-29-21-12-8-7-11-20(18)21/h4-12,14,22,29H,13,15H2,1-3H3,(H,30,33)/t22-/m1/s1. The Morgan fingerprint density at radius 3 is 2.63 bits per heavy atom. The first kappa shape index (κ1) is 25.7. The fraction of sp³-hybridized carbons (Fsp3) is 0.214. The molecule has 38 heavy (non-hydrogen) atoms. The van der Waals surface area contributed by atoms with Crippen molar-refractivity contribution in [2.75, 3.05) is 12.9 Å². The van der Waals surface area contributed by atoms with Gasteiger partial charge in [0.15, 0.2) is 5.16 Å². The van der Waals surface area contributed by atoms with Gasteiger partial charge in [-0.25, -0.2) is 9.78 Å². The molecule has 1 amide bonds. The first-order valence-corrected chi connectivity index (χ1v) is 13.8. The van der Waals surface area contributed by atoms with Crippen molar-refractivity contribution in [1.29, 1.82) is 0 Å². The van der Waals surface area contributed by atoms with Crippen LogP contribution in [0.3, 0.4) is 0 Å². The smallest absolute Gasteiger partial charge is 0.328 e. The number of rotatable bonds is 8. The highest BCUT2D eigenvalue weighted by molar-refractivity contribution is 7.99. The van der Waals surface area contributed by atoms with Gasteiger partial charge in [-0.2, -0.15) is 0 Å². The second-order valence-corrected chi connectivity index (χ2v) is 11.0. The van der Waals surface area contributed by atoms with Gasteiger partial charge in [-0.1, -0.05) is 48.2 Å². The van der Waals surface area contributed by atoms with E-state index >= 15 is 0 Å². The minimum atomic E-state index is -0.860. The number of thioether (sulfide) groups is 1. The topological polar surface area (TPSA) is 106 Å². The maximum atomic E-state index is 13.6. The molecule has 0 bridgehead atoms. The molecule has 2 aromatic carbocycles. The molecule has 2 N–H and O–H groups in total. The monoisotopic (exact) mass is 546 g/mol. The van der Waals surface area contributed by atoms with E-state index in [1.165, 1.54) is 18.4 Å². The Morgan fingerprint density at radius 2 is 1.87 bits per heavy atom. The number of aromatic amines is 1. The molecular weight excluding hydrogens is 520 g/mol. The fourth-order valence-corrected chi connectivity index (χ4v) is 6.29. The Morgan fingerprint density at radius 1 is 1.13 bits per heavy atom. The number of aromatic nitrogens is 3. The summed E-state index contributed by atoms with van der Waals surface area (Å²) in [4.78, 5) is 48.8. The van der Waals surface area contributed by atoms with Crippen molar-refractivity contribution >= 4 is 56.1 Å². The number of methoxy groups -OCH3 is 1. The molecule has 0 unspecified atom stereocenters. The highest BCUT2D eigenvalue weighted by atomic mass is 32.2. The van der Waals surface area contributed by atoms with Crippen LogP contribution in [0.2, 0.25) is 0 Å². The van der Waals surface area contributed by atoms with Crippen LogP contribution in [0.5, 0.6) is 0 Å². The summed E-state index contributed by atoms with van der Waals surface area (Å²) in [5.74, 6) is -0.924. The summed E-state index contributed by atoms with van der Waals surface area (Å²) in [6.45, 7) is 3.89. The lowest BCUT2D eigenvalue weighted by atomic mass is 10.0. The minimum absolute atomic E-state index is 0.0322. The number of nitrogens with zero attached hydrogens (tertiary/aromatic N) is 2. The molecule has 0 saturated heterocycles. The normalized spacial score (nSPS) is 12.1. The number of fused-ring (bicyclic) bond motifs is 2. The van der Waals surface area contributed by atoms with Crippen molar-refractivity contribution in [3.63, 3.8) is 0 Å².